The molecule has 0 bridgehead atoms. The van der Waals surface area contributed by atoms with Crippen molar-refractivity contribution >= 4 is 33.9 Å². The Morgan fingerprint density at radius 2 is 1.89 bits per heavy atom. The summed E-state index contributed by atoms with van der Waals surface area (Å²) < 4.78 is 0.614. The zero-order valence-corrected chi connectivity index (χ0v) is 12.7. The SMILES string of the molecule is O=c1[nH]c(-c2ccsc2)nc(-c2ccccc2)c1I. The molecule has 1 aromatic carbocycles. The van der Waals surface area contributed by atoms with Gasteiger partial charge in [0.1, 0.15) is 9.39 Å². The maximum atomic E-state index is 12.0. The maximum Gasteiger partial charge on any atom is 0.265 e. The second kappa shape index (κ2) is 5.26. The van der Waals surface area contributed by atoms with Gasteiger partial charge in [-0.2, -0.15) is 11.3 Å². The van der Waals surface area contributed by atoms with Gasteiger partial charge in [-0.1, -0.05) is 30.3 Å². The Kier molecular flexibility index (Phi) is 3.48. The largest absolute Gasteiger partial charge is 0.306 e. The Bertz CT molecular complexity index is 751. The van der Waals surface area contributed by atoms with Crippen LogP contribution in [0.5, 0.6) is 0 Å². The van der Waals surface area contributed by atoms with Crippen LogP contribution in [0.2, 0.25) is 0 Å². The van der Waals surface area contributed by atoms with Gasteiger partial charge in [0.2, 0.25) is 0 Å². The standard InChI is InChI=1S/C14H9IN2OS/c15-11-12(9-4-2-1-3-5-9)16-13(17-14(11)18)10-6-7-19-8-10/h1-8H,(H,16,17,18). The van der Waals surface area contributed by atoms with Gasteiger partial charge in [-0.3, -0.25) is 4.79 Å². The average molecular weight is 380 g/mol. The number of halogens is 1. The Morgan fingerprint density at radius 1 is 1.11 bits per heavy atom. The summed E-state index contributed by atoms with van der Waals surface area (Å²) in [6, 6.07) is 11.7. The molecule has 94 valence electrons. The van der Waals surface area contributed by atoms with E-state index in [0.29, 0.717) is 9.39 Å². The van der Waals surface area contributed by atoms with E-state index in [-0.39, 0.29) is 5.56 Å². The Labute approximate surface area is 127 Å². The first kappa shape index (κ1) is 12.6. The summed E-state index contributed by atoms with van der Waals surface area (Å²) in [5.74, 6) is 0.616. The molecule has 3 rings (SSSR count). The number of hydrogen-bond donors (Lipinski definition) is 1. The Hall–Kier alpha value is -1.47. The van der Waals surface area contributed by atoms with Crippen LogP contribution in [0, 0.1) is 3.57 Å². The first-order valence-corrected chi connectivity index (χ1v) is 7.65. The van der Waals surface area contributed by atoms with E-state index in [1.165, 1.54) is 0 Å². The molecule has 1 N–H and O–H groups in total. The zero-order valence-electron chi connectivity index (χ0n) is 9.76. The van der Waals surface area contributed by atoms with Crippen LogP contribution in [0.15, 0.2) is 52.0 Å². The van der Waals surface area contributed by atoms with E-state index in [0.717, 1.165) is 16.8 Å². The molecular weight excluding hydrogens is 371 g/mol. The lowest BCUT2D eigenvalue weighted by Gasteiger charge is -2.05. The monoisotopic (exact) mass is 380 g/mol. The number of hydrogen-bond acceptors (Lipinski definition) is 3. The average Bonchev–Trinajstić information content (AvgIpc) is 2.97. The molecule has 0 atom stereocenters. The predicted molar refractivity (Wildman–Crippen MR) is 86.3 cm³/mol. The number of rotatable bonds is 2. The van der Waals surface area contributed by atoms with Crippen LogP contribution in [0.25, 0.3) is 22.6 Å². The van der Waals surface area contributed by atoms with Gasteiger partial charge in [0.15, 0.2) is 0 Å². The number of aromatic amines is 1. The van der Waals surface area contributed by atoms with Gasteiger partial charge in [-0.05, 0) is 34.0 Å². The fraction of sp³-hybridized carbons (Fsp3) is 0. The summed E-state index contributed by atoms with van der Waals surface area (Å²) in [5, 5.41) is 3.94. The quantitative estimate of drug-likeness (QED) is 0.688. The van der Waals surface area contributed by atoms with E-state index in [9.17, 15) is 4.79 Å². The summed E-state index contributed by atoms with van der Waals surface area (Å²) in [7, 11) is 0. The van der Waals surface area contributed by atoms with Crippen molar-refractivity contribution in [2.75, 3.05) is 0 Å². The smallest absolute Gasteiger partial charge is 0.265 e. The number of nitrogens with one attached hydrogen (secondary N) is 1. The van der Waals surface area contributed by atoms with Crippen LogP contribution >= 0.6 is 33.9 Å². The highest BCUT2D eigenvalue weighted by atomic mass is 127. The van der Waals surface area contributed by atoms with E-state index >= 15 is 0 Å². The number of thiophene rings is 1. The molecule has 0 spiro atoms. The molecule has 2 aromatic heterocycles. The van der Waals surface area contributed by atoms with Crippen molar-refractivity contribution < 1.29 is 0 Å². The number of H-pyrrole nitrogens is 1. The lowest BCUT2D eigenvalue weighted by atomic mass is 10.1. The van der Waals surface area contributed by atoms with Gasteiger partial charge in [-0.15, -0.1) is 0 Å². The molecule has 0 unspecified atom stereocenters. The summed E-state index contributed by atoms with van der Waals surface area (Å²) in [6.45, 7) is 0. The summed E-state index contributed by atoms with van der Waals surface area (Å²) in [4.78, 5) is 19.4. The molecule has 3 nitrogen and oxygen atoms in total. The lowest BCUT2D eigenvalue weighted by molar-refractivity contribution is 1.11. The van der Waals surface area contributed by atoms with Crippen molar-refractivity contribution in [1.29, 1.82) is 0 Å². The predicted octanol–water partition coefficient (Wildman–Crippen LogP) is 3.77. The first-order valence-electron chi connectivity index (χ1n) is 5.63. The zero-order chi connectivity index (χ0) is 13.2. The molecule has 0 radical (unpaired) electrons. The molecule has 0 fully saturated rings. The highest BCUT2D eigenvalue weighted by molar-refractivity contribution is 14.1. The third kappa shape index (κ3) is 2.48. The van der Waals surface area contributed by atoms with Crippen molar-refractivity contribution in [1.82, 2.24) is 9.97 Å². The highest BCUT2D eigenvalue weighted by Gasteiger charge is 2.11. The van der Waals surface area contributed by atoms with Crippen molar-refractivity contribution in [3.05, 3.63) is 61.1 Å². The van der Waals surface area contributed by atoms with Crippen molar-refractivity contribution in [2.45, 2.75) is 0 Å². The third-order valence-corrected chi connectivity index (χ3v) is 4.39. The van der Waals surface area contributed by atoms with Crippen molar-refractivity contribution in [3.63, 3.8) is 0 Å². The first-order chi connectivity index (χ1) is 9.25. The normalized spacial score (nSPS) is 10.6. The second-order valence-electron chi connectivity index (χ2n) is 3.96. The molecule has 0 aliphatic carbocycles. The summed E-state index contributed by atoms with van der Waals surface area (Å²) in [6.07, 6.45) is 0. The molecule has 0 saturated heterocycles. The van der Waals surface area contributed by atoms with Crippen LogP contribution < -0.4 is 5.56 Å². The van der Waals surface area contributed by atoms with Gasteiger partial charge >= 0.3 is 0 Å². The molecule has 19 heavy (non-hydrogen) atoms. The maximum absolute atomic E-state index is 12.0. The Balaban J connectivity index is 2.23. The Morgan fingerprint density at radius 3 is 2.58 bits per heavy atom. The van der Waals surface area contributed by atoms with Crippen LogP contribution in [0.3, 0.4) is 0 Å². The van der Waals surface area contributed by atoms with Gasteiger partial charge in [-0.25, -0.2) is 4.98 Å². The van der Waals surface area contributed by atoms with Crippen LogP contribution in [-0.4, -0.2) is 9.97 Å². The lowest BCUT2D eigenvalue weighted by Crippen LogP contribution is -2.14. The van der Waals surface area contributed by atoms with E-state index in [2.05, 4.69) is 9.97 Å². The minimum absolute atomic E-state index is 0.101. The topological polar surface area (TPSA) is 45.8 Å². The van der Waals surface area contributed by atoms with Gasteiger partial charge in [0.05, 0.1) is 5.69 Å². The fourth-order valence-corrected chi connectivity index (χ4v) is 2.99. The molecule has 3 aromatic rings. The van der Waals surface area contributed by atoms with Crippen LogP contribution in [0.4, 0.5) is 0 Å². The molecule has 0 amide bonds. The number of nitrogens with zero attached hydrogens (tertiary/aromatic N) is 1. The molecule has 5 heteroatoms. The van der Waals surface area contributed by atoms with Crippen LogP contribution in [0.1, 0.15) is 0 Å². The van der Waals surface area contributed by atoms with Crippen molar-refractivity contribution in [2.24, 2.45) is 0 Å². The third-order valence-electron chi connectivity index (χ3n) is 2.70. The number of benzene rings is 1. The van der Waals surface area contributed by atoms with Crippen LogP contribution in [-0.2, 0) is 0 Å². The summed E-state index contributed by atoms with van der Waals surface area (Å²) >= 11 is 3.62. The molecule has 0 aliphatic rings. The summed E-state index contributed by atoms with van der Waals surface area (Å²) in [5.41, 5.74) is 2.52. The number of aromatic nitrogens is 2. The van der Waals surface area contributed by atoms with E-state index in [1.54, 1.807) is 11.3 Å². The van der Waals surface area contributed by atoms with Gasteiger partial charge in [0.25, 0.3) is 5.56 Å². The van der Waals surface area contributed by atoms with E-state index in [4.69, 9.17) is 0 Å². The molecule has 0 aliphatic heterocycles. The fourth-order valence-electron chi connectivity index (χ4n) is 1.78. The van der Waals surface area contributed by atoms with Crippen molar-refractivity contribution in [3.8, 4) is 22.6 Å². The highest BCUT2D eigenvalue weighted by Crippen LogP contribution is 2.24. The minimum Gasteiger partial charge on any atom is -0.306 e. The molecule has 2 heterocycles. The molecule has 0 saturated carbocycles. The van der Waals surface area contributed by atoms with Gasteiger partial charge < -0.3 is 4.98 Å². The van der Waals surface area contributed by atoms with Gasteiger partial charge in [0, 0.05) is 16.5 Å². The minimum atomic E-state index is -0.101. The second-order valence-corrected chi connectivity index (χ2v) is 5.81. The van der Waals surface area contributed by atoms with E-state index < -0.39 is 0 Å². The molecular formula is C14H9IN2OS. The van der Waals surface area contributed by atoms with E-state index in [1.807, 2.05) is 69.7 Å².